The van der Waals surface area contributed by atoms with Crippen molar-refractivity contribution in [2.45, 2.75) is 46.4 Å². The molecule has 4 heteroatoms. The van der Waals surface area contributed by atoms with Crippen molar-refractivity contribution in [3.63, 3.8) is 0 Å². The fraction of sp³-hybridized carbons (Fsp3) is 0.647. The van der Waals surface area contributed by atoms with E-state index in [4.69, 9.17) is 9.47 Å². The SMILES string of the molecule is CC(C)CNCc1ccc(OCC(O)COC(C)C)cc1. The first-order valence-electron chi connectivity index (χ1n) is 7.69. The van der Waals surface area contributed by atoms with Crippen LogP contribution in [0.2, 0.25) is 0 Å². The van der Waals surface area contributed by atoms with Crippen LogP contribution in [0.5, 0.6) is 5.75 Å². The third kappa shape index (κ3) is 8.71. The fourth-order valence-electron chi connectivity index (χ4n) is 1.75. The van der Waals surface area contributed by atoms with Gasteiger partial charge in [0.2, 0.25) is 0 Å². The molecule has 4 nitrogen and oxygen atoms in total. The van der Waals surface area contributed by atoms with Crippen molar-refractivity contribution in [3.05, 3.63) is 29.8 Å². The van der Waals surface area contributed by atoms with Gasteiger partial charge in [0.25, 0.3) is 0 Å². The Labute approximate surface area is 128 Å². The van der Waals surface area contributed by atoms with Gasteiger partial charge in [-0.05, 0) is 44.0 Å². The number of rotatable bonds is 10. The molecule has 0 aliphatic rings. The molecule has 1 aromatic rings. The maximum Gasteiger partial charge on any atom is 0.119 e. The second-order valence-electron chi connectivity index (χ2n) is 6.02. The van der Waals surface area contributed by atoms with Crippen LogP contribution in [0.1, 0.15) is 33.3 Å². The molecule has 1 atom stereocenters. The fourth-order valence-corrected chi connectivity index (χ4v) is 1.75. The van der Waals surface area contributed by atoms with Gasteiger partial charge in [-0.25, -0.2) is 0 Å². The van der Waals surface area contributed by atoms with E-state index >= 15 is 0 Å². The van der Waals surface area contributed by atoms with E-state index in [1.165, 1.54) is 5.56 Å². The molecule has 0 saturated carbocycles. The summed E-state index contributed by atoms with van der Waals surface area (Å²) >= 11 is 0. The summed E-state index contributed by atoms with van der Waals surface area (Å²) in [5, 5.41) is 13.1. The normalized spacial score (nSPS) is 12.9. The molecule has 0 heterocycles. The molecule has 120 valence electrons. The topological polar surface area (TPSA) is 50.7 Å². The Balaban J connectivity index is 2.27. The monoisotopic (exact) mass is 295 g/mol. The van der Waals surface area contributed by atoms with Crippen LogP contribution in [-0.4, -0.2) is 37.1 Å². The molecule has 0 radical (unpaired) electrons. The molecular formula is C17H29NO3. The van der Waals surface area contributed by atoms with Gasteiger partial charge in [-0.2, -0.15) is 0 Å². The van der Waals surface area contributed by atoms with Gasteiger partial charge in [-0.3, -0.25) is 0 Å². The Morgan fingerprint density at radius 2 is 1.71 bits per heavy atom. The second-order valence-corrected chi connectivity index (χ2v) is 6.02. The van der Waals surface area contributed by atoms with E-state index in [9.17, 15) is 5.11 Å². The summed E-state index contributed by atoms with van der Waals surface area (Å²) in [5.41, 5.74) is 1.23. The van der Waals surface area contributed by atoms with Crippen molar-refractivity contribution < 1.29 is 14.6 Å². The van der Waals surface area contributed by atoms with Crippen molar-refractivity contribution in [1.82, 2.24) is 5.32 Å². The average Bonchev–Trinajstić information content (AvgIpc) is 2.44. The summed E-state index contributed by atoms with van der Waals surface area (Å²) in [7, 11) is 0. The lowest BCUT2D eigenvalue weighted by Gasteiger charge is -2.14. The molecular weight excluding hydrogens is 266 g/mol. The van der Waals surface area contributed by atoms with Crippen molar-refractivity contribution >= 4 is 0 Å². The van der Waals surface area contributed by atoms with E-state index in [1.807, 2.05) is 38.1 Å². The van der Waals surface area contributed by atoms with E-state index < -0.39 is 6.10 Å². The van der Waals surface area contributed by atoms with Gasteiger partial charge in [-0.15, -0.1) is 0 Å². The molecule has 0 aromatic heterocycles. The van der Waals surface area contributed by atoms with Crippen LogP contribution >= 0.6 is 0 Å². The Bertz CT molecular complexity index is 376. The van der Waals surface area contributed by atoms with Gasteiger partial charge in [-0.1, -0.05) is 26.0 Å². The number of ether oxygens (including phenoxy) is 2. The standard InChI is InChI=1S/C17H29NO3/c1-13(2)9-18-10-15-5-7-17(8-6-15)21-12-16(19)11-20-14(3)4/h5-8,13-14,16,18-19H,9-12H2,1-4H3. The van der Waals surface area contributed by atoms with E-state index in [2.05, 4.69) is 19.2 Å². The number of aliphatic hydroxyl groups is 1. The third-order valence-electron chi connectivity index (χ3n) is 2.87. The first kappa shape index (κ1) is 18.0. The van der Waals surface area contributed by atoms with Gasteiger partial charge in [0.05, 0.1) is 12.7 Å². The largest absolute Gasteiger partial charge is 0.491 e. The lowest BCUT2D eigenvalue weighted by atomic mass is 10.2. The Kier molecular flexibility index (Phi) is 8.35. The van der Waals surface area contributed by atoms with Crippen LogP contribution in [0, 0.1) is 5.92 Å². The molecule has 0 amide bonds. The summed E-state index contributed by atoms with van der Waals surface area (Å²) in [6.45, 7) is 10.7. The van der Waals surface area contributed by atoms with Gasteiger partial charge in [0.15, 0.2) is 0 Å². The summed E-state index contributed by atoms with van der Waals surface area (Å²) in [5.74, 6) is 1.42. The molecule has 0 saturated heterocycles. The summed E-state index contributed by atoms with van der Waals surface area (Å²) < 4.78 is 10.9. The number of benzene rings is 1. The molecule has 1 unspecified atom stereocenters. The zero-order valence-electron chi connectivity index (χ0n) is 13.6. The molecule has 0 aliphatic heterocycles. The van der Waals surface area contributed by atoms with E-state index in [-0.39, 0.29) is 12.7 Å². The van der Waals surface area contributed by atoms with Crippen molar-refractivity contribution in [2.24, 2.45) is 5.92 Å². The summed E-state index contributed by atoms with van der Waals surface area (Å²) in [6.07, 6.45) is -0.475. The van der Waals surface area contributed by atoms with Gasteiger partial charge in [0.1, 0.15) is 18.5 Å². The highest BCUT2D eigenvalue weighted by atomic mass is 16.5. The molecule has 1 aromatic carbocycles. The van der Waals surface area contributed by atoms with E-state index in [1.54, 1.807) is 0 Å². The molecule has 0 fully saturated rings. The smallest absolute Gasteiger partial charge is 0.119 e. The number of aliphatic hydroxyl groups excluding tert-OH is 1. The minimum Gasteiger partial charge on any atom is -0.491 e. The number of hydrogen-bond donors (Lipinski definition) is 2. The molecule has 0 aliphatic carbocycles. The van der Waals surface area contributed by atoms with Crippen LogP contribution in [0.25, 0.3) is 0 Å². The highest BCUT2D eigenvalue weighted by Gasteiger charge is 2.07. The first-order chi connectivity index (χ1) is 9.97. The summed E-state index contributed by atoms with van der Waals surface area (Å²) in [6, 6.07) is 7.95. The van der Waals surface area contributed by atoms with Gasteiger partial charge >= 0.3 is 0 Å². The van der Waals surface area contributed by atoms with Crippen LogP contribution < -0.4 is 10.1 Å². The predicted molar refractivity (Wildman–Crippen MR) is 85.6 cm³/mol. The number of hydrogen-bond acceptors (Lipinski definition) is 4. The third-order valence-corrected chi connectivity index (χ3v) is 2.87. The zero-order valence-corrected chi connectivity index (χ0v) is 13.6. The number of nitrogens with one attached hydrogen (secondary N) is 1. The van der Waals surface area contributed by atoms with Crippen molar-refractivity contribution in [2.75, 3.05) is 19.8 Å². The summed E-state index contributed by atoms with van der Waals surface area (Å²) in [4.78, 5) is 0. The lowest BCUT2D eigenvalue weighted by Crippen LogP contribution is -2.25. The predicted octanol–water partition coefficient (Wildman–Crippen LogP) is 2.60. The van der Waals surface area contributed by atoms with Crippen LogP contribution in [0.3, 0.4) is 0 Å². The average molecular weight is 295 g/mol. The van der Waals surface area contributed by atoms with Crippen LogP contribution in [-0.2, 0) is 11.3 Å². The van der Waals surface area contributed by atoms with E-state index in [0.29, 0.717) is 12.5 Å². The molecule has 1 rings (SSSR count). The van der Waals surface area contributed by atoms with Crippen LogP contribution in [0.4, 0.5) is 0 Å². The molecule has 0 spiro atoms. The van der Waals surface area contributed by atoms with Crippen molar-refractivity contribution in [1.29, 1.82) is 0 Å². The molecule has 2 N–H and O–H groups in total. The highest BCUT2D eigenvalue weighted by molar-refractivity contribution is 5.27. The molecule has 0 bridgehead atoms. The lowest BCUT2D eigenvalue weighted by molar-refractivity contribution is -0.0122. The maximum absolute atomic E-state index is 9.72. The Hall–Kier alpha value is -1.10. The van der Waals surface area contributed by atoms with E-state index in [0.717, 1.165) is 18.8 Å². The maximum atomic E-state index is 9.72. The Morgan fingerprint density at radius 1 is 1.05 bits per heavy atom. The van der Waals surface area contributed by atoms with Gasteiger partial charge in [0, 0.05) is 6.54 Å². The van der Waals surface area contributed by atoms with Crippen LogP contribution in [0.15, 0.2) is 24.3 Å². The molecule has 21 heavy (non-hydrogen) atoms. The quantitative estimate of drug-likeness (QED) is 0.696. The Morgan fingerprint density at radius 3 is 2.29 bits per heavy atom. The van der Waals surface area contributed by atoms with Gasteiger partial charge < -0.3 is 19.9 Å². The zero-order chi connectivity index (χ0) is 15.7. The minimum atomic E-state index is -0.597. The first-order valence-corrected chi connectivity index (χ1v) is 7.69. The second kappa shape index (κ2) is 9.77. The minimum absolute atomic E-state index is 0.122. The van der Waals surface area contributed by atoms with Crippen molar-refractivity contribution in [3.8, 4) is 5.75 Å². The highest BCUT2D eigenvalue weighted by Crippen LogP contribution is 2.12.